The highest BCUT2D eigenvalue weighted by Crippen LogP contribution is 2.18. The summed E-state index contributed by atoms with van der Waals surface area (Å²) in [4.78, 5) is 25.4. The minimum Gasteiger partial charge on any atom is -0.352 e. The van der Waals surface area contributed by atoms with Crippen molar-refractivity contribution in [3.8, 4) is 0 Å². The third-order valence-corrected chi connectivity index (χ3v) is 6.76. The molecule has 10 heteroatoms. The van der Waals surface area contributed by atoms with Crippen molar-refractivity contribution in [1.82, 2.24) is 24.3 Å². The Balaban J connectivity index is 1.53. The van der Waals surface area contributed by atoms with E-state index in [1.807, 2.05) is 12.3 Å². The van der Waals surface area contributed by atoms with Gasteiger partial charge in [0.05, 0.1) is 4.90 Å². The lowest BCUT2D eigenvalue weighted by atomic mass is 10.2. The zero-order chi connectivity index (χ0) is 20.9. The molecule has 1 aromatic heterocycles. The average molecular weight is 420 g/mol. The molecule has 0 bridgehead atoms. The van der Waals surface area contributed by atoms with Gasteiger partial charge in [-0.1, -0.05) is 0 Å². The van der Waals surface area contributed by atoms with Crippen molar-refractivity contribution in [3.63, 3.8) is 0 Å². The van der Waals surface area contributed by atoms with E-state index in [9.17, 15) is 18.0 Å². The second-order valence-corrected chi connectivity index (χ2v) is 8.75. The summed E-state index contributed by atoms with van der Waals surface area (Å²) >= 11 is 0. The van der Waals surface area contributed by atoms with Crippen molar-refractivity contribution in [2.24, 2.45) is 0 Å². The monoisotopic (exact) mass is 419 g/mol. The molecule has 1 aliphatic heterocycles. The van der Waals surface area contributed by atoms with Gasteiger partial charge in [0.2, 0.25) is 15.9 Å². The molecule has 0 aliphatic carbocycles. The van der Waals surface area contributed by atoms with Gasteiger partial charge in [-0.2, -0.15) is 9.40 Å². The molecule has 0 atom stereocenters. The standard InChI is InChI=1S/C19H25N5O4S/c1-16(25)22-12-14-24(15-13-22)29(27,28)18-6-4-17(5-7-18)19(26)20-8-2-10-23-11-3-9-21-23/h3-7,9,11H,2,8,10,12-15H2,1H3,(H,20,26). The van der Waals surface area contributed by atoms with E-state index in [-0.39, 0.29) is 29.8 Å². The highest BCUT2D eigenvalue weighted by molar-refractivity contribution is 7.89. The van der Waals surface area contributed by atoms with Crippen LogP contribution in [0, 0.1) is 0 Å². The summed E-state index contributed by atoms with van der Waals surface area (Å²) in [6, 6.07) is 7.77. The first-order valence-corrected chi connectivity index (χ1v) is 10.9. The Morgan fingerprint density at radius 3 is 2.38 bits per heavy atom. The number of nitrogens with one attached hydrogen (secondary N) is 1. The van der Waals surface area contributed by atoms with Crippen molar-refractivity contribution < 1.29 is 18.0 Å². The fourth-order valence-corrected chi connectivity index (χ4v) is 4.57. The summed E-state index contributed by atoms with van der Waals surface area (Å²) in [6.45, 7) is 3.98. The van der Waals surface area contributed by atoms with Gasteiger partial charge in [0, 0.05) is 64.1 Å². The Labute approximate surface area is 170 Å². The first kappa shape index (κ1) is 21.0. The van der Waals surface area contributed by atoms with Crippen LogP contribution in [0.15, 0.2) is 47.6 Å². The fourth-order valence-electron chi connectivity index (χ4n) is 3.15. The zero-order valence-corrected chi connectivity index (χ0v) is 17.1. The highest BCUT2D eigenvalue weighted by Gasteiger charge is 2.29. The number of hydrogen-bond acceptors (Lipinski definition) is 5. The summed E-state index contributed by atoms with van der Waals surface area (Å²) in [6.07, 6.45) is 4.31. The Morgan fingerprint density at radius 2 is 1.79 bits per heavy atom. The summed E-state index contributed by atoms with van der Waals surface area (Å²) in [5.41, 5.74) is 0.407. The maximum absolute atomic E-state index is 12.8. The van der Waals surface area contributed by atoms with Crippen molar-refractivity contribution in [3.05, 3.63) is 48.3 Å². The number of nitrogens with zero attached hydrogens (tertiary/aromatic N) is 4. The van der Waals surface area contributed by atoms with E-state index in [4.69, 9.17) is 0 Å². The number of rotatable bonds is 7. The van der Waals surface area contributed by atoms with Crippen LogP contribution in [0.1, 0.15) is 23.7 Å². The molecular weight excluding hydrogens is 394 g/mol. The van der Waals surface area contributed by atoms with Gasteiger partial charge in [-0.25, -0.2) is 8.42 Å². The molecule has 0 unspecified atom stereocenters. The molecule has 0 spiro atoms. The Kier molecular flexibility index (Phi) is 6.65. The summed E-state index contributed by atoms with van der Waals surface area (Å²) in [7, 11) is -3.65. The summed E-state index contributed by atoms with van der Waals surface area (Å²) < 4.78 is 28.7. The van der Waals surface area contributed by atoms with Crippen LogP contribution in [-0.2, 0) is 21.4 Å². The second-order valence-electron chi connectivity index (χ2n) is 6.81. The normalized spacial score (nSPS) is 15.3. The van der Waals surface area contributed by atoms with Gasteiger partial charge in [-0.3, -0.25) is 14.3 Å². The number of piperazine rings is 1. The predicted octanol–water partition coefficient (Wildman–Crippen LogP) is 0.556. The molecule has 1 N–H and O–H groups in total. The van der Waals surface area contributed by atoms with Gasteiger partial charge >= 0.3 is 0 Å². The topological polar surface area (TPSA) is 105 Å². The number of amides is 2. The molecule has 0 saturated carbocycles. The van der Waals surface area contributed by atoms with Gasteiger partial charge in [0.15, 0.2) is 0 Å². The van der Waals surface area contributed by atoms with Crippen LogP contribution in [0.2, 0.25) is 0 Å². The number of hydrogen-bond donors (Lipinski definition) is 1. The van der Waals surface area contributed by atoms with Crippen molar-refractivity contribution in [1.29, 1.82) is 0 Å². The van der Waals surface area contributed by atoms with Crippen LogP contribution < -0.4 is 5.32 Å². The molecule has 2 heterocycles. The number of carbonyl (C=O) groups is 2. The largest absolute Gasteiger partial charge is 0.352 e. The van der Waals surface area contributed by atoms with Crippen LogP contribution in [0.25, 0.3) is 0 Å². The summed E-state index contributed by atoms with van der Waals surface area (Å²) in [5.74, 6) is -0.300. The van der Waals surface area contributed by atoms with Gasteiger partial charge in [0.1, 0.15) is 0 Å². The quantitative estimate of drug-likeness (QED) is 0.660. The van der Waals surface area contributed by atoms with Crippen molar-refractivity contribution >= 4 is 21.8 Å². The Bertz CT molecular complexity index is 933. The summed E-state index contributed by atoms with van der Waals surface area (Å²) in [5, 5.41) is 6.92. The van der Waals surface area contributed by atoms with Crippen LogP contribution in [0.4, 0.5) is 0 Å². The lowest BCUT2D eigenvalue weighted by molar-refractivity contribution is -0.129. The average Bonchev–Trinajstić information content (AvgIpc) is 3.25. The molecule has 29 heavy (non-hydrogen) atoms. The minimum absolute atomic E-state index is 0.0537. The first-order chi connectivity index (χ1) is 13.9. The van der Waals surface area contributed by atoms with E-state index in [0.29, 0.717) is 31.7 Å². The Hall–Kier alpha value is -2.72. The first-order valence-electron chi connectivity index (χ1n) is 9.49. The molecule has 3 rings (SSSR count). The lowest BCUT2D eigenvalue weighted by Gasteiger charge is -2.33. The van der Waals surface area contributed by atoms with Crippen LogP contribution in [0.3, 0.4) is 0 Å². The minimum atomic E-state index is -3.65. The molecule has 1 saturated heterocycles. The number of carbonyl (C=O) groups excluding carboxylic acids is 2. The maximum atomic E-state index is 12.8. The number of aryl methyl sites for hydroxylation is 1. The molecule has 2 amide bonds. The molecule has 1 aromatic carbocycles. The molecule has 9 nitrogen and oxygen atoms in total. The lowest BCUT2D eigenvalue weighted by Crippen LogP contribution is -2.49. The number of benzene rings is 1. The van der Waals surface area contributed by atoms with E-state index in [1.54, 1.807) is 15.8 Å². The van der Waals surface area contributed by atoms with Crippen LogP contribution >= 0.6 is 0 Å². The van der Waals surface area contributed by atoms with Crippen LogP contribution in [-0.4, -0.2) is 71.9 Å². The fraction of sp³-hybridized carbons (Fsp3) is 0.421. The molecule has 2 aromatic rings. The Morgan fingerprint density at radius 1 is 1.10 bits per heavy atom. The van der Waals surface area contributed by atoms with Crippen LogP contribution in [0.5, 0.6) is 0 Å². The third-order valence-electron chi connectivity index (χ3n) is 4.85. The highest BCUT2D eigenvalue weighted by atomic mass is 32.2. The SMILES string of the molecule is CC(=O)N1CCN(S(=O)(=O)c2ccc(C(=O)NCCCn3cccn3)cc2)CC1. The van der Waals surface area contributed by atoms with Crippen molar-refractivity contribution in [2.75, 3.05) is 32.7 Å². The second kappa shape index (κ2) is 9.19. The van der Waals surface area contributed by atoms with E-state index in [2.05, 4.69) is 10.4 Å². The van der Waals surface area contributed by atoms with E-state index >= 15 is 0 Å². The number of sulfonamides is 1. The third kappa shape index (κ3) is 5.21. The number of aromatic nitrogens is 2. The van der Waals surface area contributed by atoms with Gasteiger partial charge < -0.3 is 10.2 Å². The van der Waals surface area contributed by atoms with Gasteiger partial charge in [-0.15, -0.1) is 0 Å². The van der Waals surface area contributed by atoms with Crippen molar-refractivity contribution in [2.45, 2.75) is 24.8 Å². The molecule has 156 valence electrons. The molecule has 0 radical (unpaired) electrons. The van der Waals surface area contributed by atoms with Gasteiger partial charge in [0.25, 0.3) is 5.91 Å². The molecular formula is C19H25N5O4S. The predicted molar refractivity (Wildman–Crippen MR) is 107 cm³/mol. The molecule has 1 fully saturated rings. The van der Waals surface area contributed by atoms with E-state index in [1.165, 1.54) is 35.5 Å². The van der Waals surface area contributed by atoms with E-state index < -0.39 is 10.0 Å². The molecule has 1 aliphatic rings. The van der Waals surface area contributed by atoms with E-state index in [0.717, 1.165) is 6.42 Å². The van der Waals surface area contributed by atoms with Gasteiger partial charge in [-0.05, 0) is 36.8 Å². The zero-order valence-electron chi connectivity index (χ0n) is 16.3. The maximum Gasteiger partial charge on any atom is 0.251 e. The smallest absolute Gasteiger partial charge is 0.251 e.